The van der Waals surface area contributed by atoms with E-state index in [2.05, 4.69) is 62.4 Å². The Bertz CT molecular complexity index is 521. The molecule has 2 N–H and O–H groups in total. The van der Waals surface area contributed by atoms with Crippen LogP contribution in [-0.2, 0) is 4.74 Å². The van der Waals surface area contributed by atoms with Gasteiger partial charge in [-0.2, -0.15) is 0 Å². The zero-order valence-electron chi connectivity index (χ0n) is 13.0. The van der Waals surface area contributed by atoms with E-state index in [4.69, 9.17) is 10.5 Å². The van der Waals surface area contributed by atoms with Gasteiger partial charge < -0.3 is 10.5 Å². The molecule has 0 amide bonds. The minimum atomic E-state index is -0.0610. The first-order valence-electron chi connectivity index (χ1n) is 7.73. The van der Waals surface area contributed by atoms with Crippen LogP contribution >= 0.6 is 0 Å². The minimum Gasteiger partial charge on any atom is -0.377 e. The molecule has 112 valence electrons. The van der Waals surface area contributed by atoms with Crippen molar-refractivity contribution < 1.29 is 4.74 Å². The van der Waals surface area contributed by atoms with Gasteiger partial charge in [0, 0.05) is 0 Å². The van der Waals surface area contributed by atoms with E-state index in [1.807, 2.05) is 6.07 Å². The molecular weight excluding hydrogens is 258 g/mol. The molecular formula is C19H25NO. The minimum absolute atomic E-state index is 0.0610. The lowest BCUT2D eigenvalue weighted by Gasteiger charge is -2.17. The van der Waals surface area contributed by atoms with Gasteiger partial charge in [-0.25, -0.2) is 0 Å². The van der Waals surface area contributed by atoms with Crippen molar-refractivity contribution in [3.05, 3.63) is 60.2 Å². The van der Waals surface area contributed by atoms with Gasteiger partial charge in [-0.15, -0.1) is 0 Å². The van der Waals surface area contributed by atoms with E-state index in [-0.39, 0.29) is 12.1 Å². The summed E-state index contributed by atoms with van der Waals surface area (Å²) in [6, 6.07) is 18.8. The molecule has 0 aliphatic heterocycles. The van der Waals surface area contributed by atoms with Gasteiger partial charge in [0.2, 0.25) is 0 Å². The van der Waals surface area contributed by atoms with Crippen LogP contribution in [0, 0.1) is 0 Å². The fourth-order valence-electron chi connectivity index (χ4n) is 2.41. The lowest BCUT2D eigenvalue weighted by atomic mass is 10.0. The highest BCUT2D eigenvalue weighted by molar-refractivity contribution is 5.63. The molecule has 0 bridgehead atoms. The fraction of sp³-hybridized carbons (Fsp3) is 0.368. The second-order valence-electron chi connectivity index (χ2n) is 5.53. The maximum atomic E-state index is 6.20. The van der Waals surface area contributed by atoms with E-state index in [9.17, 15) is 0 Å². The molecule has 0 radical (unpaired) electrons. The van der Waals surface area contributed by atoms with E-state index in [1.54, 1.807) is 0 Å². The number of rotatable bonds is 7. The third-order valence-electron chi connectivity index (χ3n) is 3.70. The van der Waals surface area contributed by atoms with Gasteiger partial charge in [0.1, 0.15) is 0 Å². The fourth-order valence-corrected chi connectivity index (χ4v) is 2.41. The topological polar surface area (TPSA) is 35.2 Å². The van der Waals surface area contributed by atoms with Crippen molar-refractivity contribution in [3.8, 4) is 11.1 Å². The molecule has 0 aromatic heterocycles. The Hall–Kier alpha value is -1.64. The number of nitrogens with two attached hydrogens (primary N) is 1. The summed E-state index contributed by atoms with van der Waals surface area (Å²) in [5, 5.41) is 0. The van der Waals surface area contributed by atoms with Gasteiger partial charge in [-0.1, -0.05) is 67.9 Å². The van der Waals surface area contributed by atoms with Crippen LogP contribution in [-0.4, -0.2) is 12.7 Å². The first kappa shape index (κ1) is 15.7. The van der Waals surface area contributed by atoms with Gasteiger partial charge in [0.25, 0.3) is 0 Å². The van der Waals surface area contributed by atoms with Crippen molar-refractivity contribution in [2.45, 2.75) is 38.8 Å². The van der Waals surface area contributed by atoms with Crippen molar-refractivity contribution in [1.29, 1.82) is 0 Å². The highest BCUT2D eigenvalue weighted by Crippen LogP contribution is 2.21. The van der Waals surface area contributed by atoms with E-state index < -0.39 is 0 Å². The average molecular weight is 283 g/mol. The summed E-state index contributed by atoms with van der Waals surface area (Å²) < 4.78 is 5.79. The molecule has 0 aliphatic carbocycles. The normalized spacial score (nSPS) is 13.9. The second kappa shape index (κ2) is 7.96. The average Bonchev–Trinajstić information content (AvgIpc) is 2.54. The second-order valence-corrected chi connectivity index (χ2v) is 5.53. The largest absolute Gasteiger partial charge is 0.377 e. The summed E-state index contributed by atoms with van der Waals surface area (Å²) in [5.74, 6) is 0. The van der Waals surface area contributed by atoms with Crippen LogP contribution in [0.4, 0.5) is 0 Å². The maximum Gasteiger partial charge on any atom is 0.0662 e. The van der Waals surface area contributed by atoms with Crippen LogP contribution in [0.1, 0.15) is 38.3 Å². The highest BCUT2D eigenvalue weighted by atomic mass is 16.5. The van der Waals surface area contributed by atoms with Gasteiger partial charge >= 0.3 is 0 Å². The van der Waals surface area contributed by atoms with Gasteiger partial charge in [-0.05, 0) is 30.0 Å². The molecule has 0 saturated carbocycles. The Morgan fingerprint density at radius 1 is 0.952 bits per heavy atom. The molecule has 0 aliphatic rings. The lowest BCUT2D eigenvalue weighted by Crippen LogP contribution is -2.20. The number of hydrogen-bond acceptors (Lipinski definition) is 2. The summed E-state index contributed by atoms with van der Waals surface area (Å²) in [6.45, 7) is 4.85. The Labute approximate surface area is 127 Å². The van der Waals surface area contributed by atoms with E-state index in [1.165, 1.54) is 11.1 Å². The standard InChI is InChI=1S/C19H25NO/c1-3-7-15(2)21-14-19(20)18-12-10-17(11-13-18)16-8-5-4-6-9-16/h4-6,8-13,15,19H,3,7,14,20H2,1-2H3. The van der Waals surface area contributed by atoms with Crippen LogP contribution in [0.3, 0.4) is 0 Å². The molecule has 0 heterocycles. The maximum absolute atomic E-state index is 6.20. The van der Waals surface area contributed by atoms with Crippen LogP contribution < -0.4 is 5.73 Å². The summed E-state index contributed by atoms with van der Waals surface area (Å²) >= 11 is 0. The smallest absolute Gasteiger partial charge is 0.0662 e. The van der Waals surface area contributed by atoms with E-state index in [0.717, 1.165) is 18.4 Å². The first-order valence-corrected chi connectivity index (χ1v) is 7.73. The van der Waals surface area contributed by atoms with E-state index in [0.29, 0.717) is 6.61 Å². The summed E-state index contributed by atoms with van der Waals surface area (Å²) in [5.41, 5.74) is 9.77. The predicted octanol–water partition coefficient (Wildman–Crippen LogP) is 4.56. The van der Waals surface area contributed by atoms with Crippen molar-refractivity contribution >= 4 is 0 Å². The summed E-state index contributed by atoms with van der Waals surface area (Å²) in [4.78, 5) is 0. The molecule has 2 nitrogen and oxygen atoms in total. The van der Waals surface area contributed by atoms with Crippen molar-refractivity contribution in [3.63, 3.8) is 0 Å². The molecule has 0 spiro atoms. The molecule has 0 saturated heterocycles. The number of benzene rings is 2. The van der Waals surface area contributed by atoms with Crippen molar-refractivity contribution in [1.82, 2.24) is 0 Å². The van der Waals surface area contributed by atoms with E-state index >= 15 is 0 Å². The highest BCUT2D eigenvalue weighted by Gasteiger charge is 2.09. The molecule has 21 heavy (non-hydrogen) atoms. The Balaban J connectivity index is 1.95. The van der Waals surface area contributed by atoms with Crippen LogP contribution in [0.5, 0.6) is 0 Å². The third kappa shape index (κ3) is 4.69. The zero-order chi connectivity index (χ0) is 15.1. The predicted molar refractivity (Wildman–Crippen MR) is 89.1 cm³/mol. The SMILES string of the molecule is CCCC(C)OCC(N)c1ccc(-c2ccccc2)cc1. The Morgan fingerprint density at radius 3 is 2.19 bits per heavy atom. The lowest BCUT2D eigenvalue weighted by molar-refractivity contribution is 0.0503. The van der Waals surface area contributed by atoms with Crippen LogP contribution in [0.15, 0.2) is 54.6 Å². The molecule has 2 heteroatoms. The third-order valence-corrected chi connectivity index (χ3v) is 3.70. The summed E-state index contributed by atoms with van der Waals surface area (Å²) in [7, 11) is 0. The first-order chi connectivity index (χ1) is 10.2. The number of hydrogen-bond donors (Lipinski definition) is 1. The number of ether oxygens (including phenoxy) is 1. The van der Waals surface area contributed by atoms with Gasteiger partial charge in [0.05, 0.1) is 18.8 Å². The Morgan fingerprint density at radius 2 is 1.57 bits per heavy atom. The molecule has 0 fully saturated rings. The molecule has 2 atom stereocenters. The Kier molecular flexibility index (Phi) is 5.97. The summed E-state index contributed by atoms with van der Waals surface area (Å²) in [6.07, 6.45) is 2.51. The molecule has 2 rings (SSSR count). The molecule has 2 aromatic rings. The monoisotopic (exact) mass is 283 g/mol. The zero-order valence-corrected chi connectivity index (χ0v) is 13.0. The quantitative estimate of drug-likeness (QED) is 0.808. The van der Waals surface area contributed by atoms with Gasteiger partial charge in [0.15, 0.2) is 0 Å². The van der Waals surface area contributed by atoms with Crippen molar-refractivity contribution in [2.75, 3.05) is 6.61 Å². The molecule has 2 unspecified atom stereocenters. The van der Waals surface area contributed by atoms with Crippen LogP contribution in [0.2, 0.25) is 0 Å². The molecule has 2 aromatic carbocycles. The van der Waals surface area contributed by atoms with Crippen molar-refractivity contribution in [2.24, 2.45) is 5.73 Å². The van der Waals surface area contributed by atoms with Crippen LogP contribution in [0.25, 0.3) is 11.1 Å². The van der Waals surface area contributed by atoms with Gasteiger partial charge in [-0.3, -0.25) is 0 Å².